The Morgan fingerprint density at radius 3 is 2.81 bits per heavy atom. The molecule has 2 aromatic heterocycles. The summed E-state index contributed by atoms with van der Waals surface area (Å²) in [7, 11) is 0. The molecule has 4 aromatic rings. The third-order valence-electron chi connectivity index (χ3n) is 8.00. The number of nitrogens with zero attached hydrogens (tertiary/aromatic N) is 4. The summed E-state index contributed by atoms with van der Waals surface area (Å²) in [6.07, 6.45) is 4.52. The van der Waals surface area contributed by atoms with Crippen molar-refractivity contribution >= 4 is 34.4 Å². The van der Waals surface area contributed by atoms with Crippen LogP contribution in [0.5, 0.6) is 5.75 Å². The Morgan fingerprint density at radius 2 is 2.00 bits per heavy atom. The van der Waals surface area contributed by atoms with Crippen LogP contribution in [0.3, 0.4) is 0 Å². The first kappa shape index (κ1) is 22.9. The molecule has 2 aromatic carbocycles. The van der Waals surface area contributed by atoms with Gasteiger partial charge in [-0.05, 0) is 80.3 Å². The van der Waals surface area contributed by atoms with Crippen molar-refractivity contribution in [2.45, 2.75) is 58.0 Å². The molecular formula is C29H30N4O3S. The standard InChI is InChI=1S/C29H30N4O3S/c1-17-28(18(2)36-31-17)20-5-7-24-23(15-20)30-29(33(24)22-4-3-13-37-16-22)25-8-10-27(34)32(25)21-6-9-26-19(14-21)11-12-35-26/h5-7,9,14-15,22,25H,3-4,8,10-13,16H2,1-2H3/t22?,25-/m0/s1. The van der Waals surface area contributed by atoms with Gasteiger partial charge in [-0.1, -0.05) is 11.2 Å². The van der Waals surface area contributed by atoms with Crippen LogP contribution in [0, 0.1) is 13.8 Å². The fourth-order valence-electron chi connectivity index (χ4n) is 6.29. The van der Waals surface area contributed by atoms with E-state index in [0.717, 1.165) is 75.9 Å². The molecule has 2 saturated heterocycles. The monoisotopic (exact) mass is 514 g/mol. The quantitative estimate of drug-likeness (QED) is 0.324. The minimum atomic E-state index is -0.0882. The van der Waals surface area contributed by atoms with E-state index in [2.05, 4.69) is 34.0 Å². The SMILES string of the molecule is Cc1noc(C)c1-c1ccc2c(c1)nc([C@@H]1CCC(=O)N1c1ccc3c(c1)CCO3)n2C1CCCSC1. The number of thioether (sulfide) groups is 1. The van der Waals surface area contributed by atoms with Crippen LogP contribution in [0.25, 0.3) is 22.2 Å². The maximum absolute atomic E-state index is 13.3. The molecule has 2 atom stereocenters. The number of fused-ring (bicyclic) bond motifs is 2. The second kappa shape index (κ2) is 8.94. The van der Waals surface area contributed by atoms with Crippen molar-refractivity contribution in [2.75, 3.05) is 23.0 Å². The van der Waals surface area contributed by atoms with Crippen molar-refractivity contribution in [3.8, 4) is 16.9 Å². The maximum Gasteiger partial charge on any atom is 0.227 e. The van der Waals surface area contributed by atoms with E-state index in [-0.39, 0.29) is 11.9 Å². The summed E-state index contributed by atoms with van der Waals surface area (Å²) in [5, 5.41) is 4.15. The van der Waals surface area contributed by atoms with Gasteiger partial charge in [0.05, 0.1) is 29.4 Å². The number of imidazole rings is 1. The van der Waals surface area contributed by atoms with Gasteiger partial charge in [0.2, 0.25) is 5.91 Å². The molecule has 3 aliphatic rings. The van der Waals surface area contributed by atoms with Crippen molar-refractivity contribution < 1.29 is 14.1 Å². The van der Waals surface area contributed by atoms with Crippen LogP contribution < -0.4 is 9.64 Å². The van der Waals surface area contributed by atoms with Gasteiger partial charge in [-0.25, -0.2) is 4.98 Å². The summed E-state index contributed by atoms with van der Waals surface area (Å²) in [5.74, 6) is 5.19. The van der Waals surface area contributed by atoms with Gasteiger partial charge in [-0.3, -0.25) is 4.79 Å². The molecule has 2 fully saturated rings. The average Bonchev–Trinajstić information content (AvgIpc) is 3.68. The number of hydrogen-bond donors (Lipinski definition) is 0. The molecule has 0 radical (unpaired) electrons. The highest BCUT2D eigenvalue weighted by molar-refractivity contribution is 7.99. The lowest BCUT2D eigenvalue weighted by Crippen LogP contribution is -2.30. The molecule has 0 saturated carbocycles. The van der Waals surface area contributed by atoms with E-state index in [0.29, 0.717) is 19.1 Å². The molecule has 5 heterocycles. The number of amides is 1. The molecule has 190 valence electrons. The van der Waals surface area contributed by atoms with Gasteiger partial charge in [0.1, 0.15) is 17.3 Å². The van der Waals surface area contributed by atoms with Crippen molar-refractivity contribution in [1.29, 1.82) is 0 Å². The number of aromatic nitrogens is 3. The van der Waals surface area contributed by atoms with Crippen LogP contribution in [-0.2, 0) is 11.2 Å². The van der Waals surface area contributed by atoms with Crippen molar-refractivity contribution in [2.24, 2.45) is 0 Å². The molecule has 8 heteroatoms. The van der Waals surface area contributed by atoms with E-state index in [1.165, 1.54) is 17.7 Å². The summed E-state index contributed by atoms with van der Waals surface area (Å²) < 4.78 is 13.6. The molecule has 3 aliphatic heterocycles. The molecule has 37 heavy (non-hydrogen) atoms. The summed E-state index contributed by atoms with van der Waals surface area (Å²) in [6.45, 7) is 4.63. The summed E-state index contributed by atoms with van der Waals surface area (Å²) in [6, 6.07) is 13.0. The average molecular weight is 515 g/mol. The van der Waals surface area contributed by atoms with E-state index in [9.17, 15) is 4.79 Å². The van der Waals surface area contributed by atoms with E-state index < -0.39 is 0 Å². The molecule has 7 rings (SSSR count). The molecule has 0 N–H and O–H groups in total. The van der Waals surface area contributed by atoms with Gasteiger partial charge in [0, 0.05) is 35.9 Å². The third kappa shape index (κ3) is 3.76. The van der Waals surface area contributed by atoms with Crippen molar-refractivity contribution in [3.05, 3.63) is 59.2 Å². The molecule has 0 spiro atoms. The van der Waals surface area contributed by atoms with Crippen LogP contribution in [0.4, 0.5) is 5.69 Å². The Hall–Kier alpha value is -3.26. The van der Waals surface area contributed by atoms with E-state index in [1.807, 2.05) is 42.6 Å². The van der Waals surface area contributed by atoms with Crippen LogP contribution in [0.2, 0.25) is 0 Å². The third-order valence-corrected chi connectivity index (χ3v) is 9.20. The first-order chi connectivity index (χ1) is 18.1. The Balaban J connectivity index is 1.37. The lowest BCUT2D eigenvalue weighted by Gasteiger charge is -2.30. The Labute approximate surface area is 220 Å². The number of carbonyl (C=O) groups excluding carboxylic acids is 1. The first-order valence-corrected chi connectivity index (χ1v) is 14.3. The predicted octanol–water partition coefficient (Wildman–Crippen LogP) is 6.18. The van der Waals surface area contributed by atoms with Gasteiger partial charge in [0.15, 0.2) is 0 Å². The zero-order valence-corrected chi connectivity index (χ0v) is 22.0. The summed E-state index contributed by atoms with van der Waals surface area (Å²) >= 11 is 2.01. The number of ether oxygens (including phenoxy) is 1. The van der Waals surface area contributed by atoms with E-state index >= 15 is 0 Å². The van der Waals surface area contributed by atoms with E-state index in [1.54, 1.807) is 0 Å². The summed E-state index contributed by atoms with van der Waals surface area (Å²) in [5.41, 5.74) is 7.21. The number of anilines is 1. The zero-order valence-electron chi connectivity index (χ0n) is 21.2. The number of carbonyl (C=O) groups is 1. The molecule has 1 amide bonds. The highest BCUT2D eigenvalue weighted by atomic mass is 32.2. The molecule has 1 unspecified atom stereocenters. The molecular weight excluding hydrogens is 484 g/mol. The second-order valence-electron chi connectivity index (χ2n) is 10.3. The number of aryl methyl sites for hydroxylation is 2. The highest BCUT2D eigenvalue weighted by Crippen LogP contribution is 2.43. The number of hydrogen-bond acceptors (Lipinski definition) is 6. The van der Waals surface area contributed by atoms with Gasteiger partial charge in [-0.2, -0.15) is 11.8 Å². The number of benzene rings is 2. The Morgan fingerprint density at radius 1 is 1.08 bits per heavy atom. The lowest BCUT2D eigenvalue weighted by atomic mass is 10.0. The fraction of sp³-hybridized carbons (Fsp3) is 0.414. The van der Waals surface area contributed by atoms with Gasteiger partial charge < -0.3 is 18.7 Å². The Bertz CT molecular complexity index is 1500. The van der Waals surface area contributed by atoms with Crippen LogP contribution in [0.15, 0.2) is 40.9 Å². The highest BCUT2D eigenvalue weighted by Gasteiger charge is 2.38. The number of rotatable bonds is 4. The molecule has 0 bridgehead atoms. The predicted molar refractivity (Wildman–Crippen MR) is 145 cm³/mol. The van der Waals surface area contributed by atoms with Gasteiger partial charge in [0.25, 0.3) is 0 Å². The van der Waals surface area contributed by atoms with Crippen molar-refractivity contribution in [3.63, 3.8) is 0 Å². The second-order valence-corrected chi connectivity index (χ2v) is 11.5. The largest absolute Gasteiger partial charge is 0.493 e. The fourth-order valence-corrected chi connectivity index (χ4v) is 7.41. The molecule has 7 nitrogen and oxygen atoms in total. The first-order valence-electron chi connectivity index (χ1n) is 13.2. The summed E-state index contributed by atoms with van der Waals surface area (Å²) in [4.78, 5) is 20.5. The van der Waals surface area contributed by atoms with Crippen LogP contribution in [0.1, 0.15) is 60.6 Å². The smallest absolute Gasteiger partial charge is 0.227 e. The topological polar surface area (TPSA) is 73.4 Å². The normalized spacial score (nSPS) is 21.6. The van der Waals surface area contributed by atoms with Gasteiger partial charge in [-0.15, -0.1) is 0 Å². The Kier molecular flexibility index (Phi) is 5.53. The van der Waals surface area contributed by atoms with Crippen LogP contribution in [-0.4, -0.2) is 38.7 Å². The zero-order chi connectivity index (χ0) is 25.1. The maximum atomic E-state index is 13.3. The van der Waals surface area contributed by atoms with E-state index in [4.69, 9.17) is 14.2 Å². The molecule has 0 aliphatic carbocycles. The minimum absolute atomic E-state index is 0.0882. The van der Waals surface area contributed by atoms with Crippen molar-refractivity contribution in [1.82, 2.24) is 14.7 Å². The minimum Gasteiger partial charge on any atom is -0.493 e. The van der Waals surface area contributed by atoms with Gasteiger partial charge >= 0.3 is 0 Å². The lowest BCUT2D eigenvalue weighted by molar-refractivity contribution is -0.117. The van der Waals surface area contributed by atoms with Crippen LogP contribution >= 0.6 is 11.8 Å².